The lowest BCUT2D eigenvalue weighted by atomic mass is 10.0. The second kappa shape index (κ2) is 11.2. The van der Waals surface area contributed by atoms with Gasteiger partial charge in [0.1, 0.15) is 0 Å². The molecule has 1 aromatic heterocycles. The minimum absolute atomic E-state index is 0.0309. The number of amides is 2. The monoisotopic (exact) mass is 539 g/mol. The predicted octanol–water partition coefficient (Wildman–Crippen LogP) is 7.79. The number of rotatable bonds is 7. The fraction of sp³-hybridized carbons (Fsp3) is 0.129. The average Bonchev–Trinajstić information content (AvgIpc) is 3.32. The lowest BCUT2D eigenvalue weighted by Gasteiger charge is -2.25. The number of carbonyl (C=O) groups excluding carboxylic acids is 2. The molecule has 190 valence electrons. The Kier molecular flexibility index (Phi) is 7.54. The Morgan fingerprint density at radius 1 is 0.895 bits per heavy atom. The van der Waals surface area contributed by atoms with Crippen molar-refractivity contribution >= 4 is 55.8 Å². The van der Waals surface area contributed by atoms with Crippen LogP contribution in [0.2, 0.25) is 5.02 Å². The maximum Gasteiger partial charge on any atom is 0.253 e. The van der Waals surface area contributed by atoms with Crippen molar-refractivity contribution in [2.45, 2.75) is 26.3 Å². The number of anilines is 2. The number of para-hydroxylation sites is 1. The molecule has 0 saturated carbocycles. The molecule has 0 saturated heterocycles. The first kappa shape index (κ1) is 25.6. The van der Waals surface area contributed by atoms with Gasteiger partial charge in [-0.2, -0.15) is 0 Å². The van der Waals surface area contributed by atoms with E-state index in [0.29, 0.717) is 15.7 Å². The highest BCUT2D eigenvalue weighted by Gasteiger charge is 2.27. The molecule has 5 nitrogen and oxygen atoms in total. The van der Waals surface area contributed by atoms with Gasteiger partial charge < -0.3 is 5.32 Å². The Morgan fingerprint density at radius 3 is 2.26 bits per heavy atom. The first-order valence-corrected chi connectivity index (χ1v) is 13.5. The summed E-state index contributed by atoms with van der Waals surface area (Å²) in [6.45, 7) is 4.02. The number of aryl methyl sites for hydroxylation is 2. The van der Waals surface area contributed by atoms with E-state index in [1.165, 1.54) is 11.3 Å². The molecule has 2 amide bonds. The number of carbonyl (C=O) groups is 2. The summed E-state index contributed by atoms with van der Waals surface area (Å²) in [6.07, 6.45) is 0.0309. The first-order valence-electron chi connectivity index (χ1n) is 12.3. The van der Waals surface area contributed by atoms with E-state index in [2.05, 4.69) is 11.4 Å². The molecule has 1 N–H and O–H groups in total. The van der Waals surface area contributed by atoms with Gasteiger partial charge in [-0.3, -0.25) is 14.5 Å². The largest absolute Gasteiger partial charge is 0.345 e. The van der Waals surface area contributed by atoms with Crippen molar-refractivity contribution in [1.82, 2.24) is 10.3 Å². The SMILES string of the molecule is Cc1cc(C)cc(N(C(=O)C[C@H](NC(=O)c2ccccc2Cl)c2ccccc2)c2nc3ccccc3s2)c1. The molecular weight excluding hydrogens is 514 g/mol. The van der Waals surface area contributed by atoms with E-state index >= 15 is 0 Å². The Morgan fingerprint density at radius 2 is 1.55 bits per heavy atom. The summed E-state index contributed by atoms with van der Waals surface area (Å²) in [5.41, 5.74) is 4.86. The number of hydrogen-bond donors (Lipinski definition) is 1. The van der Waals surface area contributed by atoms with Gasteiger partial charge in [-0.05, 0) is 66.9 Å². The van der Waals surface area contributed by atoms with Gasteiger partial charge in [0.25, 0.3) is 5.91 Å². The van der Waals surface area contributed by atoms with Crippen LogP contribution in [-0.2, 0) is 4.79 Å². The molecule has 1 heterocycles. The minimum Gasteiger partial charge on any atom is -0.345 e. The van der Waals surface area contributed by atoms with E-state index in [1.54, 1.807) is 29.2 Å². The Balaban J connectivity index is 1.53. The van der Waals surface area contributed by atoms with Crippen LogP contribution in [0.3, 0.4) is 0 Å². The molecule has 0 bridgehead atoms. The highest BCUT2D eigenvalue weighted by molar-refractivity contribution is 7.22. The van der Waals surface area contributed by atoms with Gasteiger partial charge in [-0.1, -0.05) is 83.6 Å². The van der Waals surface area contributed by atoms with E-state index in [4.69, 9.17) is 16.6 Å². The molecule has 0 spiro atoms. The summed E-state index contributed by atoms with van der Waals surface area (Å²) < 4.78 is 0.997. The summed E-state index contributed by atoms with van der Waals surface area (Å²) >= 11 is 7.76. The normalized spacial score (nSPS) is 11.8. The van der Waals surface area contributed by atoms with Crippen LogP contribution in [0.15, 0.2) is 97.1 Å². The molecule has 0 aliphatic carbocycles. The summed E-state index contributed by atoms with van der Waals surface area (Å²) in [5.74, 6) is -0.516. The molecule has 0 unspecified atom stereocenters. The Labute approximate surface area is 230 Å². The zero-order valence-electron chi connectivity index (χ0n) is 21.0. The van der Waals surface area contributed by atoms with Crippen LogP contribution in [0, 0.1) is 13.8 Å². The number of aromatic nitrogens is 1. The lowest BCUT2D eigenvalue weighted by molar-refractivity contribution is -0.118. The van der Waals surface area contributed by atoms with Gasteiger partial charge in [0, 0.05) is 0 Å². The number of hydrogen-bond acceptors (Lipinski definition) is 4. The quantitative estimate of drug-likeness (QED) is 0.229. The topological polar surface area (TPSA) is 62.3 Å². The lowest BCUT2D eigenvalue weighted by Crippen LogP contribution is -2.34. The Hall–Kier alpha value is -4.00. The summed E-state index contributed by atoms with van der Waals surface area (Å²) in [6, 6.07) is 29.7. The van der Waals surface area contributed by atoms with Gasteiger partial charge in [-0.25, -0.2) is 4.98 Å². The smallest absolute Gasteiger partial charge is 0.253 e. The van der Waals surface area contributed by atoms with E-state index in [1.807, 2.05) is 80.6 Å². The van der Waals surface area contributed by atoms with Gasteiger partial charge in [0.2, 0.25) is 5.91 Å². The fourth-order valence-electron chi connectivity index (χ4n) is 4.48. The van der Waals surface area contributed by atoms with Gasteiger partial charge in [0.05, 0.1) is 39.0 Å². The molecule has 7 heteroatoms. The number of halogens is 1. The molecule has 4 aromatic carbocycles. The zero-order chi connectivity index (χ0) is 26.6. The fourth-order valence-corrected chi connectivity index (χ4v) is 5.71. The van der Waals surface area contributed by atoms with Crippen molar-refractivity contribution in [3.63, 3.8) is 0 Å². The van der Waals surface area contributed by atoms with Crippen LogP contribution >= 0.6 is 22.9 Å². The van der Waals surface area contributed by atoms with E-state index in [0.717, 1.165) is 32.6 Å². The summed E-state index contributed by atoms with van der Waals surface area (Å²) in [7, 11) is 0. The van der Waals surface area contributed by atoms with Crippen LogP contribution < -0.4 is 10.2 Å². The average molecular weight is 540 g/mol. The molecular formula is C31H26ClN3O2S. The molecule has 0 aliphatic heterocycles. The van der Waals surface area contributed by atoms with Crippen molar-refractivity contribution in [1.29, 1.82) is 0 Å². The van der Waals surface area contributed by atoms with Crippen LogP contribution in [-0.4, -0.2) is 16.8 Å². The first-order chi connectivity index (χ1) is 18.4. The van der Waals surface area contributed by atoms with Crippen molar-refractivity contribution in [2.24, 2.45) is 0 Å². The van der Waals surface area contributed by atoms with Gasteiger partial charge >= 0.3 is 0 Å². The van der Waals surface area contributed by atoms with Crippen LogP contribution in [0.1, 0.15) is 39.5 Å². The van der Waals surface area contributed by atoms with Crippen molar-refractivity contribution in [2.75, 3.05) is 4.90 Å². The number of thiazole rings is 1. The number of benzene rings is 4. The standard InChI is InChI=1S/C31H26ClN3O2S/c1-20-16-21(2)18-23(17-20)35(31-34-26-14-8-9-15-28(26)38-31)29(36)19-27(22-10-4-3-5-11-22)33-30(37)24-12-6-7-13-25(24)32/h3-18,27H,19H2,1-2H3,(H,33,37)/t27-/m0/s1. The highest BCUT2D eigenvalue weighted by atomic mass is 35.5. The maximum absolute atomic E-state index is 14.1. The molecule has 0 radical (unpaired) electrons. The van der Waals surface area contributed by atoms with Crippen molar-refractivity contribution in [3.8, 4) is 0 Å². The van der Waals surface area contributed by atoms with Crippen LogP contribution in [0.5, 0.6) is 0 Å². The van der Waals surface area contributed by atoms with E-state index in [-0.39, 0.29) is 18.2 Å². The van der Waals surface area contributed by atoms with Crippen LogP contribution in [0.25, 0.3) is 10.2 Å². The molecule has 38 heavy (non-hydrogen) atoms. The molecule has 0 fully saturated rings. The third-order valence-corrected chi connectivity index (χ3v) is 7.54. The van der Waals surface area contributed by atoms with Crippen molar-refractivity contribution in [3.05, 3.63) is 124 Å². The Bertz CT molecular complexity index is 1560. The van der Waals surface area contributed by atoms with Gasteiger partial charge in [0.15, 0.2) is 5.13 Å². The second-order valence-electron chi connectivity index (χ2n) is 9.16. The third-order valence-electron chi connectivity index (χ3n) is 6.19. The molecule has 1 atom stereocenters. The predicted molar refractivity (Wildman–Crippen MR) is 155 cm³/mol. The second-order valence-corrected chi connectivity index (χ2v) is 10.6. The summed E-state index contributed by atoms with van der Waals surface area (Å²) in [4.78, 5) is 33.8. The number of nitrogens with one attached hydrogen (secondary N) is 1. The van der Waals surface area contributed by atoms with E-state index in [9.17, 15) is 9.59 Å². The van der Waals surface area contributed by atoms with E-state index < -0.39 is 6.04 Å². The third kappa shape index (κ3) is 5.62. The number of nitrogens with zero attached hydrogens (tertiary/aromatic N) is 2. The highest BCUT2D eigenvalue weighted by Crippen LogP contribution is 2.36. The van der Waals surface area contributed by atoms with Crippen molar-refractivity contribution < 1.29 is 9.59 Å². The molecule has 5 aromatic rings. The number of fused-ring (bicyclic) bond motifs is 1. The minimum atomic E-state index is -0.574. The summed E-state index contributed by atoms with van der Waals surface area (Å²) in [5, 5.41) is 3.98. The van der Waals surface area contributed by atoms with Crippen LogP contribution in [0.4, 0.5) is 10.8 Å². The molecule has 0 aliphatic rings. The van der Waals surface area contributed by atoms with Gasteiger partial charge in [-0.15, -0.1) is 0 Å². The maximum atomic E-state index is 14.1. The zero-order valence-corrected chi connectivity index (χ0v) is 22.6. The molecule has 5 rings (SSSR count).